The van der Waals surface area contributed by atoms with E-state index >= 15 is 0 Å². The molecule has 0 saturated carbocycles. The predicted octanol–water partition coefficient (Wildman–Crippen LogP) is 4.39. The van der Waals surface area contributed by atoms with Gasteiger partial charge in [0.1, 0.15) is 5.75 Å². The summed E-state index contributed by atoms with van der Waals surface area (Å²) >= 11 is 0. The van der Waals surface area contributed by atoms with Crippen molar-refractivity contribution in [2.45, 2.75) is 46.0 Å². The number of hydrogen-bond donors (Lipinski definition) is 1. The van der Waals surface area contributed by atoms with Crippen LogP contribution in [-0.2, 0) is 0 Å². The first-order valence-corrected chi connectivity index (χ1v) is 6.08. The zero-order chi connectivity index (χ0) is 11.7. The molecule has 0 spiro atoms. The van der Waals surface area contributed by atoms with Crippen LogP contribution in [0.2, 0.25) is 0 Å². The summed E-state index contributed by atoms with van der Waals surface area (Å²) < 4.78 is 0. The van der Waals surface area contributed by atoms with Crippen LogP contribution in [0.5, 0.6) is 5.75 Å². The van der Waals surface area contributed by atoms with Crippen molar-refractivity contribution in [1.29, 1.82) is 0 Å². The lowest BCUT2D eigenvalue weighted by Crippen LogP contribution is -2.01. The molecule has 0 unspecified atom stereocenters. The van der Waals surface area contributed by atoms with Crippen LogP contribution in [0.1, 0.15) is 55.7 Å². The fourth-order valence-corrected chi connectivity index (χ4v) is 2.47. The zero-order valence-electron chi connectivity index (χ0n) is 10.4. The highest BCUT2D eigenvalue weighted by Gasteiger charge is 2.14. The van der Waals surface area contributed by atoms with E-state index in [0.29, 0.717) is 11.7 Å². The van der Waals surface area contributed by atoms with Crippen LogP contribution in [0.3, 0.4) is 0 Å². The van der Waals surface area contributed by atoms with Gasteiger partial charge in [-0.15, -0.1) is 0 Å². The summed E-state index contributed by atoms with van der Waals surface area (Å²) in [5.41, 5.74) is 5.00. The van der Waals surface area contributed by atoms with Crippen LogP contribution >= 0.6 is 0 Å². The standard InChI is InChI=1S/C15H20O/c1-10-5-4-6-11(2)14-9-15(16)12(3)8-13(14)7-10/h7-9,11,16H,4-6H2,1-3H3/b10-7-/t11-/m1/s1. The molecule has 1 N–H and O–H groups in total. The third-order valence-electron chi connectivity index (χ3n) is 3.54. The Balaban J connectivity index is 2.57. The summed E-state index contributed by atoms with van der Waals surface area (Å²) in [6.45, 7) is 6.41. The smallest absolute Gasteiger partial charge is 0.118 e. The first-order chi connectivity index (χ1) is 7.58. The second-order valence-electron chi connectivity index (χ2n) is 5.05. The molecule has 1 atom stereocenters. The number of aryl methyl sites for hydroxylation is 1. The molecule has 1 aliphatic carbocycles. The van der Waals surface area contributed by atoms with Crippen molar-refractivity contribution >= 4 is 6.08 Å². The Hall–Kier alpha value is -1.24. The maximum Gasteiger partial charge on any atom is 0.118 e. The van der Waals surface area contributed by atoms with Crippen LogP contribution in [0.4, 0.5) is 0 Å². The highest BCUT2D eigenvalue weighted by Crippen LogP contribution is 2.34. The molecule has 0 radical (unpaired) electrons. The monoisotopic (exact) mass is 216 g/mol. The molecule has 0 saturated heterocycles. The normalized spacial score (nSPS) is 23.9. The minimum atomic E-state index is 0.428. The molecular formula is C15H20O. The van der Waals surface area contributed by atoms with Gasteiger partial charge in [-0.3, -0.25) is 0 Å². The summed E-state index contributed by atoms with van der Waals surface area (Å²) in [6, 6.07) is 4.06. The molecule has 86 valence electrons. The summed E-state index contributed by atoms with van der Waals surface area (Å²) in [4.78, 5) is 0. The molecule has 16 heavy (non-hydrogen) atoms. The van der Waals surface area contributed by atoms with Crippen LogP contribution in [0.15, 0.2) is 17.7 Å². The Kier molecular flexibility index (Phi) is 3.04. The van der Waals surface area contributed by atoms with E-state index in [1.807, 2.05) is 13.0 Å². The minimum Gasteiger partial charge on any atom is -0.508 e. The maximum atomic E-state index is 9.80. The van der Waals surface area contributed by atoms with E-state index in [2.05, 4.69) is 26.0 Å². The van der Waals surface area contributed by atoms with E-state index in [0.717, 1.165) is 5.56 Å². The van der Waals surface area contributed by atoms with Crippen LogP contribution in [-0.4, -0.2) is 5.11 Å². The predicted molar refractivity (Wildman–Crippen MR) is 68.8 cm³/mol. The molecule has 0 aromatic heterocycles. The second-order valence-corrected chi connectivity index (χ2v) is 5.05. The lowest BCUT2D eigenvalue weighted by Gasteiger charge is -2.19. The number of aromatic hydroxyl groups is 1. The second kappa shape index (κ2) is 4.32. The SMILES string of the molecule is C/C1=C/c2cc(C)c(O)cc2[C@H](C)CCC1. The third-order valence-corrected chi connectivity index (χ3v) is 3.54. The number of rotatable bonds is 0. The molecule has 1 nitrogen and oxygen atoms in total. The van der Waals surface area contributed by atoms with Crippen molar-refractivity contribution in [3.05, 3.63) is 34.4 Å². The van der Waals surface area contributed by atoms with E-state index in [4.69, 9.17) is 0 Å². The lowest BCUT2D eigenvalue weighted by atomic mass is 9.86. The van der Waals surface area contributed by atoms with Crippen molar-refractivity contribution in [1.82, 2.24) is 0 Å². The third kappa shape index (κ3) is 2.13. The first-order valence-electron chi connectivity index (χ1n) is 6.08. The van der Waals surface area contributed by atoms with Crippen molar-refractivity contribution in [3.8, 4) is 5.75 Å². The largest absolute Gasteiger partial charge is 0.508 e. The van der Waals surface area contributed by atoms with Gasteiger partial charge in [0.15, 0.2) is 0 Å². The van der Waals surface area contributed by atoms with Gasteiger partial charge >= 0.3 is 0 Å². The molecule has 0 fully saturated rings. The Morgan fingerprint density at radius 1 is 1.25 bits per heavy atom. The average Bonchev–Trinajstić information content (AvgIpc) is 2.21. The fourth-order valence-electron chi connectivity index (χ4n) is 2.47. The molecule has 1 aromatic rings. The van der Waals surface area contributed by atoms with Crippen molar-refractivity contribution in [2.24, 2.45) is 0 Å². The van der Waals surface area contributed by atoms with Gasteiger partial charge in [0, 0.05) is 0 Å². The van der Waals surface area contributed by atoms with Crippen molar-refractivity contribution in [3.63, 3.8) is 0 Å². The van der Waals surface area contributed by atoms with Gasteiger partial charge in [0.05, 0.1) is 0 Å². The summed E-state index contributed by atoms with van der Waals surface area (Å²) in [5.74, 6) is 0.975. The molecule has 0 bridgehead atoms. The molecule has 2 rings (SSSR count). The Bertz CT molecular complexity index is 429. The van der Waals surface area contributed by atoms with Gasteiger partial charge in [-0.2, -0.15) is 0 Å². The van der Waals surface area contributed by atoms with Gasteiger partial charge in [-0.05, 0) is 67.9 Å². The highest BCUT2D eigenvalue weighted by molar-refractivity contribution is 5.61. The molecule has 1 aliphatic rings. The fraction of sp³-hybridized carbons (Fsp3) is 0.467. The van der Waals surface area contributed by atoms with Gasteiger partial charge < -0.3 is 5.11 Å². The Morgan fingerprint density at radius 2 is 2.00 bits per heavy atom. The van der Waals surface area contributed by atoms with Crippen LogP contribution in [0.25, 0.3) is 6.08 Å². The molecule has 0 amide bonds. The highest BCUT2D eigenvalue weighted by atomic mass is 16.3. The number of allylic oxidation sites excluding steroid dienone is 1. The average molecular weight is 216 g/mol. The van der Waals surface area contributed by atoms with E-state index in [1.165, 1.54) is 36.0 Å². The van der Waals surface area contributed by atoms with Gasteiger partial charge in [-0.25, -0.2) is 0 Å². The zero-order valence-corrected chi connectivity index (χ0v) is 10.4. The van der Waals surface area contributed by atoms with Crippen LogP contribution in [0, 0.1) is 6.92 Å². The van der Waals surface area contributed by atoms with Crippen molar-refractivity contribution in [2.75, 3.05) is 0 Å². The van der Waals surface area contributed by atoms with Gasteiger partial charge in [-0.1, -0.05) is 18.6 Å². The van der Waals surface area contributed by atoms with Crippen molar-refractivity contribution < 1.29 is 5.11 Å². The first kappa shape index (κ1) is 11.3. The molecular weight excluding hydrogens is 196 g/mol. The topological polar surface area (TPSA) is 20.2 Å². The summed E-state index contributed by atoms with van der Waals surface area (Å²) in [6.07, 6.45) is 5.93. The summed E-state index contributed by atoms with van der Waals surface area (Å²) in [5, 5.41) is 9.80. The van der Waals surface area contributed by atoms with E-state index in [-0.39, 0.29) is 0 Å². The quantitative estimate of drug-likeness (QED) is 0.682. The van der Waals surface area contributed by atoms with E-state index in [1.54, 1.807) is 0 Å². The van der Waals surface area contributed by atoms with E-state index < -0.39 is 0 Å². The molecule has 1 heteroatoms. The number of hydrogen-bond acceptors (Lipinski definition) is 1. The Labute approximate surface area is 97.8 Å². The number of phenols is 1. The molecule has 0 aliphatic heterocycles. The maximum absolute atomic E-state index is 9.80. The number of benzene rings is 1. The van der Waals surface area contributed by atoms with Gasteiger partial charge in [0.2, 0.25) is 0 Å². The van der Waals surface area contributed by atoms with Gasteiger partial charge in [0.25, 0.3) is 0 Å². The lowest BCUT2D eigenvalue weighted by molar-refractivity contribution is 0.469. The molecule has 1 aromatic carbocycles. The number of fused-ring (bicyclic) bond motifs is 1. The van der Waals surface area contributed by atoms with Crippen LogP contribution < -0.4 is 0 Å². The number of phenolic OH excluding ortho intramolecular Hbond substituents is 1. The summed E-state index contributed by atoms with van der Waals surface area (Å²) in [7, 11) is 0. The Morgan fingerprint density at radius 3 is 2.75 bits per heavy atom. The minimum absolute atomic E-state index is 0.428. The molecule has 0 heterocycles. The van der Waals surface area contributed by atoms with E-state index in [9.17, 15) is 5.11 Å².